The minimum atomic E-state index is -3.91. The number of nitrogens with zero attached hydrogens (tertiary/aromatic N) is 2. The van der Waals surface area contributed by atoms with Crippen LogP contribution >= 0.6 is 11.6 Å². The van der Waals surface area contributed by atoms with E-state index in [9.17, 15) is 18.0 Å². The molecule has 1 aliphatic carbocycles. The Labute approximate surface area is 241 Å². The van der Waals surface area contributed by atoms with Gasteiger partial charge in [0, 0.05) is 49.9 Å². The predicted octanol–water partition coefficient (Wildman–Crippen LogP) is 4.66. The first-order valence-electron chi connectivity index (χ1n) is 13.6. The third-order valence-corrected chi connectivity index (χ3v) is 10.0. The van der Waals surface area contributed by atoms with E-state index in [0.717, 1.165) is 25.7 Å². The molecule has 2 aliphatic rings. The van der Waals surface area contributed by atoms with E-state index in [1.54, 1.807) is 56.3 Å². The Balaban J connectivity index is 1.68. The van der Waals surface area contributed by atoms with E-state index in [1.165, 1.54) is 16.4 Å². The number of fused-ring (bicyclic) bond motifs is 1. The minimum absolute atomic E-state index is 0.0127. The molecule has 0 saturated heterocycles. The van der Waals surface area contributed by atoms with Gasteiger partial charge in [0.1, 0.15) is 12.4 Å². The van der Waals surface area contributed by atoms with Gasteiger partial charge in [0.05, 0.1) is 22.6 Å². The summed E-state index contributed by atoms with van der Waals surface area (Å²) in [4.78, 5) is 27.9. The number of ether oxygens (including phenoxy) is 2. The molecule has 2 amide bonds. The second-order valence-corrected chi connectivity index (χ2v) is 13.1. The van der Waals surface area contributed by atoms with Crippen LogP contribution in [0, 0.1) is 11.8 Å². The van der Waals surface area contributed by atoms with Crippen molar-refractivity contribution in [3.63, 3.8) is 0 Å². The van der Waals surface area contributed by atoms with Gasteiger partial charge in [-0.2, -0.15) is 4.31 Å². The first-order chi connectivity index (χ1) is 19.0. The molecule has 1 aliphatic heterocycles. The SMILES string of the molecule is CO[C@@H]1CN(C)C(=O)c2ccc(NC(=O)C3CCCC3)cc2OC[C@@H](C)N(S(=O)(=O)c2ccc(Cl)cc2)C[C@H]1C. The van der Waals surface area contributed by atoms with Crippen molar-refractivity contribution >= 4 is 39.1 Å². The Morgan fingerprint density at radius 1 is 1.07 bits per heavy atom. The van der Waals surface area contributed by atoms with Crippen LogP contribution < -0.4 is 10.1 Å². The summed E-state index contributed by atoms with van der Waals surface area (Å²) in [6.45, 7) is 4.07. The quantitative estimate of drug-likeness (QED) is 0.542. The second kappa shape index (κ2) is 12.9. The van der Waals surface area contributed by atoms with Gasteiger partial charge in [0.25, 0.3) is 5.91 Å². The van der Waals surface area contributed by atoms with Crippen molar-refractivity contribution in [2.24, 2.45) is 11.8 Å². The number of carbonyl (C=O) groups is 2. The highest BCUT2D eigenvalue weighted by molar-refractivity contribution is 7.89. The van der Waals surface area contributed by atoms with Crippen molar-refractivity contribution in [1.82, 2.24) is 9.21 Å². The fourth-order valence-corrected chi connectivity index (χ4v) is 7.17. The molecule has 1 heterocycles. The number of rotatable bonds is 5. The third-order valence-electron chi connectivity index (χ3n) is 7.80. The second-order valence-electron chi connectivity index (χ2n) is 10.8. The summed E-state index contributed by atoms with van der Waals surface area (Å²) >= 11 is 6.01. The lowest BCUT2D eigenvalue weighted by Crippen LogP contribution is -2.48. The molecule has 0 unspecified atom stereocenters. The number of carbonyl (C=O) groups excluding carboxylic acids is 2. The van der Waals surface area contributed by atoms with Crippen LogP contribution in [0.5, 0.6) is 5.75 Å². The number of halogens is 1. The third kappa shape index (κ3) is 6.79. The van der Waals surface area contributed by atoms with Crippen molar-refractivity contribution in [2.75, 3.05) is 39.2 Å². The van der Waals surface area contributed by atoms with E-state index in [-0.39, 0.29) is 54.0 Å². The molecule has 1 saturated carbocycles. The highest BCUT2D eigenvalue weighted by atomic mass is 35.5. The number of anilines is 1. The van der Waals surface area contributed by atoms with Gasteiger partial charge in [-0.05, 0) is 62.1 Å². The average molecular weight is 592 g/mol. The normalized spacial score (nSPS) is 23.6. The van der Waals surface area contributed by atoms with Crippen LogP contribution in [0.3, 0.4) is 0 Å². The summed E-state index contributed by atoms with van der Waals surface area (Å²) < 4.78 is 40.9. The van der Waals surface area contributed by atoms with Gasteiger partial charge in [-0.15, -0.1) is 0 Å². The van der Waals surface area contributed by atoms with Crippen LogP contribution in [0.15, 0.2) is 47.4 Å². The molecule has 1 N–H and O–H groups in total. The van der Waals surface area contributed by atoms with Gasteiger partial charge in [0.2, 0.25) is 15.9 Å². The molecule has 3 atom stereocenters. The van der Waals surface area contributed by atoms with Crippen LogP contribution in [0.2, 0.25) is 5.02 Å². The van der Waals surface area contributed by atoms with Crippen LogP contribution in [0.4, 0.5) is 5.69 Å². The molecule has 0 aromatic heterocycles. The maximum atomic E-state index is 13.8. The largest absolute Gasteiger partial charge is 0.491 e. The van der Waals surface area contributed by atoms with E-state index in [4.69, 9.17) is 21.1 Å². The predicted molar refractivity (Wildman–Crippen MR) is 154 cm³/mol. The Kier molecular flexibility index (Phi) is 9.76. The van der Waals surface area contributed by atoms with E-state index in [0.29, 0.717) is 16.3 Å². The Bertz CT molecular complexity index is 1310. The number of hydrogen-bond donors (Lipinski definition) is 1. The highest BCUT2D eigenvalue weighted by Crippen LogP contribution is 2.30. The lowest BCUT2D eigenvalue weighted by molar-refractivity contribution is -0.119. The molecular formula is C29H38ClN3O6S. The van der Waals surface area contributed by atoms with Gasteiger partial charge >= 0.3 is 0 Å². The number of amides is 2. The zero-order valence-electron chi connectivity index (χ0n) is 23.4. The summed E-state index contributed by atoms with van der Waals surface area (Å²) in [5.41, 5.74) is 0.851. The van der Waals surface area contributed by atoms with Crippen LogP contribution in [-0.4, -0.2) is 75.4 Å². The summed E-state index contributed by atoms with van der Waals surface area (Å²) in [5, 5.41) is 3.40. The molecule has 218 valence electrons. The van der Waals surface area contributed by atoms with Crippen molar-refractivity contribution in [3.8, 4) is 5.75 Å². The monoisotopic (exact) mass is 591 g/mol. The zero-order chi connectivity index (χ0) is 29.0. The van der Waals surface area contributed by atoms with E-state index < -0.39 is 22.2 Å². The molecule has 2 aromatic rings. The number of likely N-dealkylation sites (N-methyl/N-ethyl adjacent to an activating group) is 1. The van der Waals surface area contributed by atoms with Gasteiger partial charge in [-0.25, -0.2) is 8.42 Å². The maximum absolute atomic E-state index is 13.8. The van der Waals surface area contributed by atoms with Crippen molar-refractivity contribution < 1.29 is 27.5 Å². The summed E-state index contributed by atoms with van der Waals surface area (Å²) in [6.07, 6.45) is 3.40. The Hall–Kier alpha value is -2.66. The van der Waals surface area contributed by atoms with Crippen LogP contribution in [0.1, 0.15) is 49.9 Å². The molecular weight excluding hydrogens is 554 g/mol. The van der Waals surface area contributed by atoms with Gasteiger partial charge in [-0.1, -0.05) is 31.4 Å². The average Bonchev–Trinajstić information content (AvgIpc) is 3.48. The van der Waals surface area contributed by atoms with E-state index in [2.05, 4.69) is 5.32 Å². The summed E-state index contributed by atoms with van der Waals surface area (Å²) in [5.74, 6) is -0.276. The smallest absolute Gasteiger partial charge is 0.257 e. The van der Waals surface area contributed by atoms with Crippen molar-refractivity contribution in [1.29, 1.82) is 0 Å². The van der Waals surface area contributed by atoms with Gasteiger partial charge in [-0.3, -0.25) is 9.59 Å². The maximum Gasteiger partial charge on any atom is 0.257 e. The van der Waals surface area contributed by atoms with Crippen molar-refractivity contribution in [3.05, 3.63) is 53.1 Å². The zero-order valence-corrected chi connectivity index (χ0v) is 25.0. The van der Waals surface area contributed by atoms with E-state index in [1.807, 2.05) is 6.92 Å². The summed E-state index contributed by atoms with van der Waals surface area (Å²) in [7, 11) is -0.678. The Morgan fingerprint density at radius 3 is 2.40 bits per heavy atom. The number of sulfonamides is 1. The molecule has 1 fully saturated rings. The highest BCUT2D eigenvalue weighted by Gasteiger charge is 2.35. The molecule has 0 bridgehead atoms. The fraction of sp³-hybridized carbons (Fsp3) is 0.517. The topological polar surface area (TPSA) is 105 Å². The first kappa shape index (κ1) is 30.3. The lowest BCUT2D eigenvalue weighted by Gasteiger charge is -2.35. The molecule has 11 heteroatoms. The van der Waals surface area contributed by atoms with Gasteiger partial charge in [0.15, 0.2) is 0 Å². The number of hydrogen-bond acceptors (Lipinski definition) is 6. The fourth-order valence-electron chi connectivity index (χ4n) is 5.33. The van der Waals surface area contributed by atoms with Crippen molar-refractivity contribution in [2.45, 2.75) is 56.6 Å². The molecule has 9 nitrogen and oxygen atoms in total. The molecule has 0 radical (unpaired) electrons. The standard InChI is InChI=1S/C29H38ClN3O6S/c1-19-16-33(40(36,37)24-12-9-22(30)10-13-24)20(2)18-39-26-15-23(31-28(34)21-7-5-6-8-21)11-14-25(26)29(35)32(3)17-27(19)38-4/h9-15,19-21,27H,5-8,16-18H2,1-4H3,(H,31,34)/t19-,20-,27-/m1/s1. The van der Waals surface area contributed by atoms with E-state index >= 15 is 0 Å². The first-order valence-corrected chi connectivity index (χ1v) is 15.5. The van der Waals surface area contributed by atoms with Crippen LogP contribution in [0.25, 0.3) is 0 Å². The molecule has 40 heavy (non-hydrogen) atoms. The number of benzene rings is 2. The van der Waals surface area contributed by atoms with Gasteiger partial charge < -0.3 is 19.7 Å². The Morgan fingerprint density at radius 2 is 1.75 bits per heavy atom. The molecule has 4 rings (SSSR count). The number of nitrogens with one attached hydrogen (secondary N) is 1. The minimum Gasteiger partial charge on any atom is -0.491 e. The molecule has 2 aromatic carbocycles. The number of methoxy groups -OCH3 is 1. The summed E-state index contributed by atoms with van der Waals surface area (Å²) in [6, 6.07) is 10.5. The van der Waals surface area contributed by atoms with Crippen LogP contribution in [-0.2, 0) is 19.6 Å². The lowest BCUT2D eigenvalue weighted by atomic mass is 10.0. The molecule has 0 spiro atoms.